The summed E-state index contributed by atoms with van der Waals surface area (Å²) < 4.78 is 0.0424. The number of amides is 2. The van der Waals surface area contributed by atoms with Crippen molar-refractivity contribution in [1.29, 1.82) is 0 Å². The van der Waals surface area contributed by atoms with Gasteiger partial charge in [-0.05, 0) is 18.1 Å². The number of anilines is 1. The smallest absolute Gasteiger partial charge is 0.353 e. The highest BCUT2D eigenvalue weighted by Crippen LogP contribution is 2.45. The molecule has 7 N–H and O–H groups in total. The summed E-state index contributed by atoms with van der Waals surface area (Å²) in [4.78, 5) is 48.4. The second kappa shape index (κ2) is 11.5. The normalized spacial score (nSPS) is 19.7. The molecule has 1 fully saturated rings. The standard InChI is InChI=1S/C21H20ClN7O5S3/c22-16-12(27-21(24)37-16)13(28-34)17(30)26-14-18(31)29-15(20(32)33)11(8-35-19(14)29)36-10-4-6-25-7-9(10)3-1-2-5-23/h1-2,4,6-7,14,19,34H,3,5,8,23H2,(H2,24,27)(H,26,30)(H,32,33)/b2-1-,28-13-/t14-,19+/m1/s1. The van der Waals surface area contributed by atoms with E-state index in [0.717, 1.165) is 26.7 Å². The largest absolute Gasteiger partial charge is 0.477 e. The number of carboxylic acid groups (broad SMARTS) is 1. The minimum absolute atomic E-state index is 0.0424. The average Bonchev–Trinajstić information content (AvgIpc) is 3.20. The number of aromatic nitrogens is 2. The molecule has 0 saturated carbocycles. The first-order valence-corrected chi connectivity index (χ1v) is 13.6. The van der Waals surface area contributed by atoms with Crippen molar-refractivity contribution in [2.24, 2.45) is 10.9 Å². The van der Waals surface area contributed by atoms with Crippen molar-refractivity contribution in [3.05, 3.63) is 56.8 Å². The minimum atomic E-state index is -1.26. The van der Waals surface area contributed by atoms with Gasteiger partial charge in [0, 0.05) is 34.5 Å². The maximum Gasteiger partial charge on any atom is 0.353 e. The van der Waals surface area contributed by atoms with E-state index in [4.69, 9.17) is 23.1 Å². The van der Waals surface area contributed by atoms with E-state index in [2.05, 4.69) is 20.4 Å². The summed E-state index contributed by atoms with van der Waals surface area (Å²) in [5.74, 6) is -2.47. The average molecular weight is 582 g/mol. The van der Waals surface area contributed by atoms with Crippen molar-refractivity contribution in [3.8, 4) is 0 Å². The van der Waals surface area contributed by atoms with E-state index in [9.17, 15) is 24.7 Å². The van der Waals surface area contributed by atoms with E-state index in [1.54, 1.807) is 18.5 Å². The number of nitrogens with two attached hydrogens (primary N) is 2. The lowest BCUT2D eigenvalue weighted by molar-refractivity contribution is -0.150. The molecule has 0 unspecified atom stereocenters. The molecular weight excluding hydrogens is 562 g/mol. The molecule has 16 heteroatoms. The highest BCUT2D eigenvalue weighted by molar-refractivity contribution is 8.06. The van der Waals surface area contributed by atoms with E-state index in [1.165, 1.54) is 23.5 Å². The van der Waals surface area contributed by atoms with Crippen molar-refractivity contribution in [2.45, 2.75) is 22.7 Å². The summed E-state index contributed by atoms with van der Waals surface area (Å²) in [5.41, 5.74) is 11.2. The second-order valence-corrected chi connectivity index (χ2v) is 11.4. The van der Waals surface area contributed by atoms with Crippen LogP contribution in [0.3, 0.4) is 0 Å². The van der Waals surface area contributed by atoms with Crippen LogP contribution in [0.4, 0.5) is 5.13 Å². The zero-order valence-electron chi connectivity index (χ0n) is 18.8. The van der Waals surface area contributed by atoms with Crippen molar-refractivity contribution < 1.29 is 24.7 Å². The zero-order valence-corrected chi connectivity index (χ0v) is 22.0. The number of nitrogens with one attached hydrogen (secondary N) is 1. The van der Waals surface area contributed by atoms with E-state index >= 15 is 0 Å². The van der Waals surface area contributed by atoms with E-state index < -0.39 is 34.9 Å². The van der Waals surface area contributed by atoms with Crippen LogP contribution in [0.2, 0.25) is 4.34 Å². The highest BCUT2D eigenvalue weighted by Gasteiger charge is 2.54. The van der Waals surface area contributed by atoms with Gasteiger partial charge >= 0.3 is 5.97 Å². The van der Waals surface area contributed by atoms with Gasteiger partial charge in [0.15, 0.2) is 10.8 Å². The fourth-order valence-electron chi connectivity index (χ4n) is 3.65. The molecule has 4 heterocycles. The molecule has 2 aromatic heterocycles. The van der Waals surface area contributed by atoms with Crippen LogP contribution in [0.5, 0.6) is 0 Å². The van der Waals surface area contributed by atoms with Gasteiger partial charge in [-0.15, -0.1) is 11.8 Å². The number of β-lactam (4-membered cyclic amide) rings is 1. The van der Waals surface area contributed by atoms with Gasteiger partial charge in [0.25, 0.3) is 11.8 Å². The number of carboxylic acids is 1. The molecular formula is C21H20ClN7O5S3. The van der Waals surface area contributed by atoms with Crippen LogP contribution >= 0.6 is 46.5 Å². The molecule has 194 valence electrons. The molecule has 12 nitrogen and oxygen atoms in total. The summed E-state index contributed by atoms with van der Waals surface area (Å²) in [7, 11) is 0. The summed E-state index contributed by atoms with van der Waals surface area (Å²) in [6.07, 6.45) is 7.61. The first kappa shape index (κ1) is 26.9. The van der Waals surface area contributed by atoms with Crippen LogP contribution in [0, 0.1) is 0 Å². The lowest BCUT2D eigenvalue weighted by atomic mass is 10.0. The van der Waals surface area contributed by atoms with Gasteiger partial charge in [-0.25, -0.2) is 9.78 Å². The number of halogens is 1. The Hall–Kier alpha value is -3.11. The summed E-state index contributed by atoms with van der Waals surface area (Å²) in [6.45, 7) is 0.403. The Labute approximate surface area is 227 Å². The number of carbonyl (C=O) groups is 3. The van der Waals surface area contributed by atoms with E-state index in [-0.39, 0.29) is 20.9 Å². The van der Waals surface area contributed by atoms with Crippen LogP contribution in [-0.4, -0.2) is 72.4 Å². The Bertz CT molecular complexity index is 1350. The number of allylic oxidation sites excluding steroid dienone is 1. The third-order valence-corrected chi connectivity index (χ3v) is 9.05. The van der Waals surface area contributed by atoms with Crippen LogP contribution in [0.25, 0.3) is 0 Å². The number of thioether (sulfide) groups is 2. The number of hydrogen-bond acceptors (Lipinski definition) is 12. The topological polar surface area (TPSA) is 197 Å². The van der Waals surface area contributed by atoms with Gasteiger partial charge in [0.05, 0.1) is 0 Å². The number of fused-ring (bicyclic) bond motifs is 1. The van der Waals surface area contributed by atoms with E-state index in [0.29, 0.717) is 23.6 Å². The van der Waals surface area contributed by atoms with Crippen LogP contribution in [0.1, 0.15) is 11.3 Å². The van der Waals surface area contributed by atoms with E-state index in [1.807, 2.05) is 12.2 Å². The lowest BCUT2D eigenvalue weighted by Gasteiger charge is -2.49. The fraction of sp³-hybridized carbons (Fsp3) is 0.238. The number of hydrogen-bond donors (Lipinski definition) is 5. The molecule has 2 aliphatic rings. The minimum Gasteiger partial charge on any atom is -0.477 e. The predicted octanol–water partition coefficient (Wildman–Crippen LogP) is 1.50. The quantitative estimate of drug-likeness (QED) is 0.0945. The third kappa shape index (κ3) is 5.45. The molecule has 2 atom stereocenters. The van der Waals surface area contributed by atoms with Gasteiger partial charge in [-0.3, -0.25) is 19.5 Å². The lowest BCUT2D eigenvalue weighted by Crippen LogP contribution is -2.71. The van der Waals surface area contributed by atoms with Gasteiger partial charge in [0.1, 0.15) is 27.1 Å². The SMILES string of the molecule is NC/C=C\Cc1cnccc1SC1=C(C(=O)O)N2C(=O)[C@@H](NC(=O)/C(=N\O)c3nc(N)sc3Cl)[C@@H]2SC1. The van der Waals surface area contributed by atoms with Gasteiger partial charge in [0.2, 0.25) is 0 Å². The van der Waals surface area contributed by atoms with Crippen LogP contribution < -0.4 is 16.8 Å². The summed E-state index contributed by atoms with van der Waals surface area (Å²) >= 11 is 9.46. The van der Waals surface area contributed by atoms with Crippen molar-refractivity contribution >= 4 is 75.1 Å². The monoisotopic (exact) mass is 581 g/mol. The first-order chi connectivity index (χ1) is 17.8. The van der Waals surface area contributed by atoms with Gasteiger partial charge in [-0.1, -0.05) is 52.0 Å². The molecule has 0 radical (unpaired) electrons. The molecule has 0 spiro atoms. The molecule has 2 aliphatic heterocycles. The number of nitrogens with zero attached hydrogens (tertiary/aromatic N) is 4. The molecule has 1 saturated heterocycles. The summed E-state index contributed by atoms with van der Waals surface area (Å²) in [5, 5.41) is 24.2. The molecule has 0 aromatic carbocycles. The maximum atomic E-state index is 13.0. The van der Waals surface area contributed by atoms with Crippen LogP contribution in [0.15, 0.2) is 51.3 Å². The van der Waals surface area contributed by atoms with Gasteiger partial charge < -0.3 is 27.1 Å². The summed E-state index contributed by atoms with van der Waals surface area (Å²) in [6, 6.07) is 0.745. The van der Waals surface area contributed by atoms with Crippen LogP contribution in [-0.2, 0) is 20.8 Å². The number of thiazole rings is 1. The maximum absolute atomic E-state index is 13.0. The Morgan fingerprint density at radius 3 is 2.84 bits per heavy atom. The molecule has 2 aromatic rings. The zero-order chi connectivity index (χ0) is 26.7. The van der Waals surface area contributed by atoms with Crippen molar-refractivity contribution in [1.82, 2.24) is 20.2 Å². The highest BCUT2D eigenvalue weighted by atomic mass is 35.5. The Kier molecular flexibility index (Phi) is 8.39. The van der Waals surface area contributed by atoms with Gasteiger partial charge in [-0.2, -0.15) is 0 Å². The predicted molar refractivity (Wildman–Crippen MR) is 142 cm³/mol. The molecule has 4 rings (SSSR count). The Balaban J connectivity index is 1.54. The first-order valence-electron chi connectivity index (χ1n) is 10.6. The number of carbonyl (C=O) groups excluding carboxylic acids is 2. The van der Waals surface area contributed by atoms with Crippen molar-refractivity contribution in [3.63, 3.8) is 0 Å². The van der Waals surface area contributed by atoms with Crippen molar-refractivity contribution in [2.75, 3.05) is 18.0 Å². The molecule has 0 aliphatic carbocycles. The molecule has 37 heavy (non-hydrogen) atoms. The second-order valence-electron chi connectivity index (χ2n) is 7.56. The Morgan fingerprint density at radius 1 is 1.41 bits per heavy atom. The number of rotatable bonds is 9. The number of oxime groups is 1. The number of aliphatic carboxylic acids is 1. The molecule has 0 bridgehead atoms. The Morgan fingerprint density at radius 2 is 2.19 bits per heavy atom. The number of pyridine rings is 1. The third-order valence-electron chi connectivity index (χ3n) is 5.30. The molecule has 2 amide bonds. The number of nitrogen functional groups attached to an aromatic ring is 1. The fourth-order valence-corrected chi connectivity index (χ4v) is 7.16.